The van der Waals surface area contributed by atoms with Gasteiger partial charge in [-0.3, -0.25) is 4.79 Å². The number of sulfone groups is 1. The molecule has 27 heavy (non-hydrogen) atoms. The van der Waals surface area contributed by atoms with Crippen molar-refractivity contribution in [3.8, 4) is 0 Å². The highest BCUT2D eigenvalue weighted by Crippen LogP contribution is 2.33. The maximum atomic E-state index is 12.4. The first-order chi connectivity index (χ1) is 12.9. The Morgan fingerprint density at radius 2 is 1.78 bits per heavy atom. The van der Waals surface area contributed by atoms with Crippen molar-refractivity contribution >= 4 is 39.2 Å². The second-order valence-corrected chi connectivity index (χ2v) is 9.70. The van der Waals surface area contributed by atoms with Gasteiger partial charge in [0.1, 0.15) is 0 Å². The van der Waals surface area contributed by atoms with Gasteiger partial charge in [0.2, 0.25) is 0 Å². The fourth-order valence-corrected chi connectivity index (χ4v) is 6.32. The second-order valence-electron chi connectivity index (χ2n) is 6.13. The molecule has 1 fully saturated rings. The molecule has 1 saturated heterocycles. The number of benzene rings is 2. The van der Waals surface area contributed by atoms with Gasteiger partial charge in [0, 0.05) is 15.8 Å². The van der Waals surface area contributed by atoms with Crippen LogP contribution < -0.4 is 5.32 Å². The molecule has 0 aliphatic carbocycles. The highest BCUT2D eigenvalue weighted by atomic mass is 32.2. The largest absolute Gasteiger partial charge is 0.452 e. The molecule has 142 valence electrons. The molecular weight excluding hydrogens is 386 g/mol. The monoisotopic (exact) mass is 405 g/mol. The van der Waals surface area contributed by atoms with E-state index in [0.717, 1.165) is 0 Å². The number of ether oxygens (including phenoxy) is 1. The van der Waals surface area contributed by atoms with Crippen LogP contribution in [0.15, 0.2) is 59.5 Å². The van der Waals surface area contributed by atoms with Gasteiger partial charge in [0.15, 0.2) is 16.4 Å². The van der Waals surface area contributed by atoms with Gasteiger partial charge in [0.05, 0.1) is 17.1 Å². The summed E-state index contributed by atoms with van der Waals surface area (Å²) in [4.78, 5) is 25.0. The highest BCUT2D eigenvalue weighted by molar-refractivity contribution is 8.02. The number of hydrogen-bond donors (Lipinski definition) is 1. The Bertz CT molecular complexity index is 928. The van der Waals surface area contributed by atoms with Crippen molar-refractivity contribution in [2.75, 3.05) is 23.4 Å². The van der Waals surface area contributed by atoms with Gasteiger partial charge in [-0.15, -0.1) is 11.8 Å². The standard InChI is InChI=1S/C19H19NO5S2/c21-18(20-14-6-2-1-3-7-14)12-25-19(22)16-8-4-5-9-17(16)26-15-10-11-27(23,24)13-15/h1-9,15H,10-13H2,(H,20,21)/t15-/m0/s1. The third-order valence-corrected chi connectivity index (χ3v) is 7.31. The van der Waals surface area contributed by atoms with E-state index in [1.54, 1.807) is 48.5 Å². The van der Waals surface area contributed by atoms with Crippen molar-refractivity contribution < 1.29 is 22.7 Å². The molecule has 1 N–H and O–H groups in total. The smallest absolute Gasteiger partial charge is 0.339 e. The summed E-state index contributed by atoms with van der Waals surface area (Å²) in [5.74, 6) is -0.749. The maximum Gasteiger partial charge on any atom is 0.339 e. The van der Waals surface area contributed by atoms with Gasteiger partial charge in [-0.2, -0.15) is 0 Å². The van der Waals surface area contributed by atoms with Crippen LogP contribution in [0.1, 0.15) is 16.8 Å². The van der Waals surface area contributed by atoms with Crippen LogP contribution in [0.25, 0.3) is 0 Å². The molecular formula is C19H19NO5S2. The van der Waals surface area contributed by atoms with E-state index in [1.165, 1.54) is 11.8 Å². The Hall–Kier alpha value is -2.32. The molecule has 1 aliphatic heterocycles. The number of rotatable bonds is 6. The molecule has 3 rings (SSSR count). The lowest BCUT2D eigenvalue weighted by Gasteiger charge is -2.12. The summed E-state index contributed by atoms with van der Waals surface area (Å²) in [7, 11) is -2.99. The third kappa shape index (κ3) is 5.58. The molecule has 8 heteroatoms. The van der Waals surface area contributed by atoms with E-state index in [-0.39, 0.29) is 16.8 Å². The number of esters is 1. The summed E-state index contributed by atoms with van der Waals surface area (Å²) in [5.41, 5.74) is 0.955. The number of hydrogen-bond acceptors (Lipinski definition) is 6. The van der Waals surface area contributed by atoms with E-state index in [9.17, 15) is 18.0 Å². The van der Waals surface area contributed by atoms with E-state index < -0.39 is 28.3 Å². The Labute approximate surface area is 162 Å². The first-order valence-corrected chi connectivity index (χ1v) is 11.1. The topological polar surface area (TPSA) is 89.5 Å². The number of amides is 1. The van der Waals surface area contributed by atoms with E-state index in [4.69, 9.17) is 4.74 Å². The van der Waals surface area contributed by atoms with Gasteiger partial charge < -0.3 is 10.1 Å². The van der Waals surface area contributed by atoms with Crippen molar-refractivity contribution in [1.82, 2.24) is 0 Å². The van der Waals surface area contributed by atoms with E-state index in [0.29, 0.717) is 22.6 Å². The molecule has 1 atom stereocenters. The van der Waals surface area contributed by atoms with Crippen LogP contribution in [0.3, 0.4) is 0 Å². The summed E-state index contributed by atoms with van der Waals surface area (Å²) in [6.45, 7) is -0.398. The molecule has 6 nitrogen and oxygen atoms in total. The highest BCUT2D eigenvalue weighted by Gasteiger charge is 2.29. The molecule has 0 unspecified atom stereocenters. The van der Waals surface area contributed by atoms with Crippen molar-refractivity contribution in [2.24, 2.45) is 0 Å². The number of para-hydroxylation sites is 1. The van der Waals surface area contributed by atoms with Crippen molar-refractivity contribution in [2.45, 2.75) is 16.6 Å². The summed E-state index contributed by atoms with van der Waals surface area (Å²) in [6, 6.07) is 15.7. The average molecular weight is 405 g/mol. The average Bonchev–Trinajstić information content (AvgIpc) is 2.99. The number of nitrogens with one attached hydrogen (secondary N) is 1. The van der Waals surface area contributed by atoms with E-state index >= 15 is 0 Å². The van der Waals surface area contributed by atoms with Crippen LogP contribution >= 0.6 is 11.8 Å². The van der Waals surface area contributed by atoms with Crippen LogP contribution in [0, 0.1) is 0 Å². The molecule has 1 aliphatic rings. The first kappa shape index (κ1) is 19.4. The molecule has 0 spiro atoms. The Morgan fingerprint density at radius 3 is 2.48 bits per heavy atom. The van der Waals surface area contributed by atoms with Crippen molar-refractivity contribution in [3.05, 3.63) is 60.2 Å². The normalized spacial score (nSPS) is 18.0. The number of carbonyl (C=O) groups excluding carboxylic acids is 2. The van der Waals surface area contributed by atoms with Gasteiger partial charge in [-0.1, -0.05) is 30.3 Å². The Morgan fingerprint density at radius 1 is 1.07 bits per heavy atom. The van der Waals surface area contributed by atoms with Gasteiger partial charge in [0.25, 0.3) is 5.91 Å². The summed E-state index contributed by atoms with van der Waals surface area (Å²) in [5, 5.41) is 2.56. The molecule has 2 aromatic rings. The number of thioether (sulfide) groups is 1. The molecule has 2 aromatic carbocycles. The van der Waals surface area contributed by atoms with Crippen molar-refractivity contribution in [1.29, 1.82) is 0 Å². The fraction of sp³-hybridized carbons (Fsp3) is 0.263. The van der Waals surface area contributed by atoms with Gasteiger partial charge in [-0.25, -0.2) is 13.2 Å². The summed E-state index contributed by atoms with van der Waals surface area (Å²) < 4.78 is 28.4. The summed E-state index contributed by atoms with van der Waals surface area (Å²) >= 11 is 1.36. The summed E-state index contributed by atoms with van der Waals surface area (Å²) in [6.07, 6.45) is 0.565. The lowest BCUT2D eigenvalue weighted by Crippen LogP contribution is -2.21. The van der Waals surface area contributed by atoms with Gasteiger partial charge >= 0.3 is 5.97 Å². The number of carbonyl (C=O) groups is 2. The molecule has 0 saturated carbocycles. The zero-order valence-corrected chi connectivity index (χ0v) is 16.1. The minimum Gasteiger partial charge on any atom is -0.452 e. The second kappa shape index (κ2) is 8.58. The molecule has 0 bridgehead atoms. The molecule has 0 aromatic heterocycles. The zero-order chi connectivity index (χ0) is 19.3. The SMILES string of the molecule is O=C(COC(=O)c1ccccc1S[C@H]1CCS(=O)(=O)C1)Nc1ccccc1. The predicted octanol–water partition coefficient (Wildman–Crippen LogP) is 2.76. The minimum atomic E-state index is -2.99. The molecule has 0 radical (unpaired) electrons. The van der Waals surface area contributed by atoms with Crippen LogP contribution in [0.4, 0.5) is 5.69 Å². The van der Waals surface area contributed by atoms with Crippen molar-refractivity contribution in [3.63, 3.8) is 0 Å². The Balaban J connectivity index is 1.59. The fourth-order valence-electron chi connectivity index (χ4n) is 2.70. The first-order valence-electron chi connectivity index (χ1n) is 8.41. The number of anilines is 1. The zero-order valence-electron chi connectivity index (χ0n) is 14.5. The van der Waals surface area contributed by atoms with Crippen LogP contribution in [-0.2, 0) is 19.4 Å². The van der Waals surface area contributed by atoms with Crippen LogP contribution in [0.5, 0.6) is 0 Å². The predicted molar refractivity (Wildman–Crippen MR) is 105 cm³/mol. The lowest BCUT2D eigenvalue weighted by molar-refractivity contribution is -0.119. The molecule has 1 heterocycles. The lowest BCUT2D eigenvalue weighted by atomic mass is 10.2. The maximum absolute atomic E-state index is 12.4. The minimum absolute atomic E-state index is 0.0784. The van der Waals surface area contributed by atoms with Gasteiger partial charge in [-0.05, 0) is 30.7 Å². The van der Waals surface area contributed by atoms with Crippen LogP contribution in [-0.4, -0.2) is 43.7 Å². The quantitative estimate of drug-likeness (QED) is 0.744. The van der Waals surface area contributed by atoms with E-state index in [1.807, 2.05) is 6.07 Å². The third-order valence-electron chi connectivity index (χ3n) is 3.98. The van der Waals surface area contributed by atoms with E-state index in [2.05, 4.69) is 5.32 Å². The van der Waals surface area contributed by atoms with Crippen LogP contribution in [0.2, 0.25) is 0 Å². The molecule has 1 amide bonds. The Kier molecular flexibility index (Phi) is 6.18.